The van der Waals surface area contributed by atoms with E-state index in [0.29, 0.717) is 42.4 Å². The molecule has 1 aliphatic rings. The van der Waals surface area contributed by atoms with E-state index in [1.807, 2.05) is 20.8 Å². The number of ether oxygens (including phenoxy) is 1. The fourth-order valence-corrected chi connectivity index (χ4v) is 6.04. The number of hydrogen-bond acceptors (Lipinski definition) is 6. The molecule has 2 heterocycles. The third-order valence-electron chi connectivity index (χ3n) is 6.76. The lowest BCUT2D eigenvalue weighted by Crippen LogP contribution is -2.32. The second kappa shape index (κ2) is 10.5. The molecule has 1 saturated carbocycles. The Balaban J connectivity index is 1.77. The number of fused-ring (bicyclic) bond motifs is 1. The van der Waals surface area contributed by atoms with Crippen LogP contribution in [-0.2, 0) is 16.6 Å². The summed E-state index contributed by atoms with van der Waals surface area (Å²) in [4.78, 5) is 20.5. The molecule has 1 aromatic carbocycles. The van der Waals surface area contributed by atoms with E-state index in [-0.39, 0.29) is 21.8 Å². The van der Waals surface area contributed by atoms with Crippen molar-refractivity contribution < 1.29 is 13.2 Å². The Morgan fingerprint density at radius 2 is 1.91 bits per heavy atom. The van der Waals surface area contributed by atoms with Crippen molar-refractivity contribution >= 4 is 21.1 Å². The second-order valence-electron chi connectivity index (χ2n) is 9.31. The topological polar surface area (TPSA) is 110 Å². The molecule has 2 aromatic heterocycles. The molecular weight excluding hydrogens is 466 g/mol. The maximum Gasteiger partial charge on any atom is 0.279 e. The lowest BCUT2D eigenvalue weighted by molar-refractivity contribution is 0.300. The van der Waals surface area contributed by atoms with E-state index >= 15 is 0 Å². The van der Waals surface area contributed by atoms with Crippen molar-refractivity contribution in [3.05, 3.63) is 34.2 Å². The molecule has 35 heavy (non-hydrogen) atoms. The van der Waals surface area contributed by atoms with Crippen molar-refractivity contribution in [3.8, 4) is 17.1 Å². The Hall–Kier alpha value is -2.72. The van der Waals surface area contributed by atoms with E-state index in [0.717, 1.165) is 37.8 Å². The lowest BCUT2D eigenvalue weighted by Gasteiger charge is -2.26. The predicted octanol–water partition coefficient (Wildman–Crippen LogP) is 4.10. The number of benzene rings is 1. The molecule has 3 aromatic rings. The molecule has 9 nitrogen and oxygen atoms in total. The van der Waals surface area contributed by atoms with E-state index in [2.05, 4.69) is 15.1 Å². The van der Waals surface area contributed by atoms with Gasteiger partial charge in [-0.3, -0.25) is 9.48 Å². The van der Waals surface area contributed by atoms with E-state index < -0.39 is 10.0 Å². The van der Waals surface area contributed by atoms with Gasteiger partial charge in [0.1, 0.15) is 17.1 Å². The summed E-state index contributed by atoms with van der Waals surface area (Å²) < 4.78 is 36.0. The van der Waals surface area contributed by atoms with E-state index in [4.69, 9.17) is 4.74 Å². The first-order chi connectivity index (χ1) is 16.8. The third-order valence-corrected chi connectivity index (χ3v) is 8.58. The van der Waals surface area contributed by atoms with Crippen LogP contribution >= 0.6 is 0 Å². The zero-order chi connectivity index (χ0) is 25.2. The molecule has 190 valence electrons. The highest BCUT2D eigenvalue weighted by Gasteiger charge is 2.27. The van der Waals surface area contributed by atoms with Crippen molar-refractivity contribution in [2.24, 2.45) is 5.92 Å². The SMILES string of the molecule is CCCOc1ccc(S(=O)(=O)N(C)CC2CCCCC2)cc1-c1nc2c(C)n(CC)nc2c(=O)[nH]1. The van der Waals surface area contributed by atoms with Gasteiger partial charge in [-0.15, -0.1) is 0 Å². The molecule has 10 heteroatoms. The number of aromatic nitrogens is 4. The van der Waals surface area contributed by atoms with Crippen LogP contribution in [0.4, 0.5) is 0 Å². The molecule has 0 atom stereocenters. The van der Waals surface area contributed by atoms with Crippen LogP contribution < -0.4 is 10.3 Å². The number of rotatable bonds is 9. The molecule has 4 rings (SSSR count). The lowest BCUT2D eigenvalue weighted by atomic mass is 9.89. The molecule has 1 fully saturated rings. The van der Waals surface area contributed by atoms with Crippen LogP contribution in [0.1, 0.15) is 58.1 Å². The average molecular weight is 502 g/mol. The number of hydrogen-bond donors (Lipinski definition) is 1. The third kappa shape index (κ3) is 5.13. The molecule has 0 amide bonds. The summed E-state index contributed by atoms with van der Waals surface area (Å²) in [6, 6.07) is 4.78. The molecule has 1 aliphatic carbocycles. The number of aryl methyl sites for hydroxylation is 2. The molecule has 0 unspecified atom stereocenters. The highest BCUT2D eigenvalue weighted by atomic mass is 32.2. The minimum atomic E-state index is -3.73. The van der Waals surface area contributed by atoms with Gasteiger partial charge in [0.15, 0.2) is 5.52 Å². The summed E-state index contributed by atoms with van der Waals surface area (Å²) in [5.41, 5.74) is 1.61. The Morgan fingerprint density at radius 3 is 2.60 bits per heavy atom. The number of sulfonamides is 1. The monoisotopic (exact) mass is 501 g/mol. The fraction of sp³-hybridized carbons (Fsp3) is 0.560. The van der Waals surface area contributed by atoms with Gasteiger partial charge in [-0.2, -0.15) is 5.10 Å². The van der Waals surface area contributed by atoms with Gasteiger partial charge in [0, 0.05) is 20.1 Å². The summed E-state index contributed by atoms with van der Waals surface area (Å²) in [5.74, 6) is 1.12. The van der Waals surface area contributed by atoms with Crippen molar-refractivity contribution in [2.45, 2.75) is 70.7 Å². The van der Waals surface area contributed by atoms with E-state index in [1.54, 1.807) is 29.9 Å². The minimum Gasteiger partial charge on any atom is -0.493 e. The molecule has 0 saturated heterocycles. The van der Waals surface area contributed by atoms with Crippen LogP contribution in [0.2, 0.25) is 0 Å². The fourth-order valence-electron chi connectivity index (χ4n) is 4.77. The maximum atomic E-state index is 13.5. The van der Waals surface area contributed by atoms with Gasteiger partial charge in [0.05, 0.1) is 22.8 Å². The molecular formula is C25H35N5O4S. The molecule has 0 aliphatic heterocycles. The first-order valence-electron chi connectivity index (χ1n) is 12.5. The number of H-pyrrole nitrogens is 1. The van der Waals surface area contributed by atoms with Gasteiger partial charge < -0.3 is 9.72 Å². The van der Waals surface area contributed by atoms with Crippen molar-refractivity contribution in [2.75, 3.05) is 20.2 Å². The van der Waals surface area contributed by atoms with Crippen molar-refractivity contribution in [3.63, 3.8) is 0 Å². The van der Waals surface area contributed by atoms with Gasteiger partial charge >= 0.3 is 0 Å². The van der Waals surface area contributed by atoms with Gasteiger partial charge in [0.2, 0.25) is 10.0 Å². The first-order valence-corrected chi connectivity index (χ1v) is 13.9. The summed E-state index contributed by atoms with van der Waals surface area (Å²) in [5, 5.41) is 4.35. The molecule has 0 radical (unpaired) electrons. The second-order valence-corrected chi connectivity index (χ2v) is 11.4. The first kappa shape index (κ1) is 25.4. The van der Waals surface area contributed by atoms with Crippen LogP contribution in [0.25, 0.3) is 22.4 Å². The van der Waals surface area contributed by atoms with Crippen LogP contribution in [-0.4, -0.2) is 52.7 Å². The van der Waals surface area contributed by atoms with Crippen LogP contribution in [0.3, 0.4) is 0 Å². The van der Waals surface area contributed by atoms with Crippen molar-refractivity contribution in [1.82, 2.24) is 24.1 Å². The van der Waals surface area contributed by atoms with Crippen LogP contribution in [0.15, 0.2) is 27.9 Å². The molecule has 1 N–H and O–H groups in total. The summed E-state index contributed by atoms with van der Waals surface area (Å²) in [7, 11) is -2.09. The van der Waals surface area contributed by atoms with Crippen LogP contribution in [0, 0.1) is 12.8 Å². The van der Waals surface area contributed by atoms with Gasteiger partial charge in [-0.1, -0.05) is 26.2 Å². The molecule has 0 spiro atoms. The summed E-state index contributed by atoms with van der Waals surface area (Å²) in [6.45, 7) is 7.38. The minimum absolute atomic E-state index is 0.151. The van der Waals surface area contributed by atoms with Crippen molar-refractivity contribution in [1.29, 1.82) is 0 Å². The Bertz CT molecular complexity index is 1360. The largest absolute Gasteiger partial charge is 0.493 e. The van der Waals surface area contributed by atoms with E-state index in [1.165, 1.54) is 10.7 Å². The van der Waals surface area contributed by atoms with Gasteiger partial charge in [-0.25, -0.2) is 17.7 Å². The summed E-state index contributed by atoms with van der Waals surface area (Å²) >= 11 is 0. The highest BCUT2D eigenvalue weighted by Crippen LogP contribution is 2.33. The quantitative estimate of drug-likeness (QED) is 0.473. The highest BCUT2D eigenvalue weighted by molar-refractivity contribution is 7.89. The normalized spacial score (nSPS) is 15.2. The van der Waals surface area contributed by atoms with Gasteiger partial charge in [0.25, 0.3) is 5.56 Å². The Kier molecular flexibility index (Phi) is 7.61. The zero-order valence-corrected chi connectivity index (χ0v) is 21.8. The Morgan fingerprint density at radius 1 is 1.17 bits per heavy atom. The van der Waals surface area contributed by atoms with E-state index in [9.17, 15) is 13.2 Å². The van der Waals surface area contributed by atoms with Gasteiger partial charge in [-0.05, 0) is 57.2 Å². The molecule has 0 bridgehead atoms. The Labute approximate surface area is 206 Å². The standard InChI is InChI=1S/C25H35N5O4S/c1-5-14-34-21-13-12-19(35(32,33)29(4)16-18-10-8-7-9-11-18)15-20(21)24-26-22-17(3)30(6-2)28-23(22)25(31)27-24/h12-13,15,18H,5-11,14,16H2,1-4H3,(H,26,27,31). The zero-order valence-electron chi connectivity index (χ0n) is 21.0. The number of nitrogens with zero attached hydrogens (tertiary/aromatic N) is 4. The smallest absolute Gasteiger partial charge is 0.279 e. The number of aromatic amines is 1. The summed E-state index contributed by atoms with van der Waals surface area (Å²) in [6.07, 6.45) is 6.44. The number of nitrogens with one attached hydrogen (secondary N) is 1. The predicted molar refractivity (Wildman–Crippen MR) is 136 cm³/mol. The average Bonchev–Trinajstić information content (AvgIpc) is 3.19. The van der Waals surface area contributed by atoms with Crippen LogP contribution in [0.5, 0.6) is 5.75 Å². The maximum absolute atomic E-state index is 13.5.